The molecule has 0 amide bonds. The van der Waals surface area contributed by atoms with E-state index in [1.807, 2.05) is 0 Å². The van der Waals surface area contributed by atoms with E-state index in [1.54, 1.807) is 12.1 Å². The van der Waals surface area contributed by atoms with Gasteiger partial charge in [0.2, 0.25) is 5.91 Å². The van der Waals surface area contributed by atoms with E-state index in [1.165, 1.54) is 13.1 Å². The van der Waals surface area contributed by atoms with Crippen molar-refractivity contribution in [2.45, 2.75) is 6.92 Å². The van der Waals surface area contributed by atoms with Crippen molar-refractivity contribution in [2.24, 2.45) is 0 Å². The molecule has 2 aromatic heterocycles. The molecular weight excluding hydrogens is 193 g/mol. The molecule has 0 spiro atoms. The van der Waals surface area contributed by atoms with Gasteiger partial charge in [-0.1, -0.05) is 0 Å². The molecule has 0 aliphatic rings. The van der Waals surface area contributed by atoms with Crippen LogP contribution in [0, 0.1) is 0 Å². The number of carbonyl (C=O) groups is 1. The number of nitrogens with one attached hydrogen (secondary N) is 1. The van der Waals surface area contributed by atoms with Crippen molar-refractivity contribution in [3.8, 4) is 0 Å². The van der Waals surface area contributed by atoms with Gasteiger partial charge < -0.3 is 4.98 Å². The second-order valence-electron chi connectivity index (χ2n) is 2.66. The second-order valence-corrected chi connectivity index (χ2v) is 2.66. The van der Waals surface area contributed by atoms with Gasteiger partial charge in [-0.3, -0.25) is 4.79 Å². The van der Waals surface area contributed by atoms with Gasteiger partial charge >= 0.3 is 35.2 Å². The first kappa shape index (κ1) is 11.2. The Morgan fingerprint density at radius 3 is 2.93 bits per heavy atom. The van der Waals surface area contributed by atoms with Gasteiger partial charge in [-0.05, 0) is 12.1 Å². The maximum Gasteiger partial charge on any atom is 1.00 e. The zero-order valence-electron chi connectivity index (χ0n) is 7.94. The van der Waals surface area contributed by atoms with Crippen LogP contribution in [0.1, 0.15) is 11.7 Å². The molecule has 0 atom stereocenters. The molecular formula is C8H7N3NaO2+. The van der Waals surface area contributed by atoms with E-state index in [-0.39, 0.29) is 35.5 Å². The molecule has 0 saturated heterocycles. The predicted molar refractivity (Wildman–Crippen MR) is 46.7 cm³/mol. The van der Waals surface area contributed by atoms with Crippen LogP contribution in [0.25, 0.3) is 11.2 Å². The van der Waals surface area contributed by atoms with Crippen molar-refractivity contribution >= 4 is 17.1 Å². The van der Waals surface area contributed by atoms with Gasteiger partial charge in [-0.25, -0.2) is 14.3 Å². The largest absolute Gasteiger partial charge is 1.00 e. The first-order chi connectivity index (χ1) is 6.20. The number of fused-ring (bicyclic) bond motifs is 1. The Hall–Kier alpha value is -0.910. The van der Waals surface area contributed by atoms with E-state index in [0.29, 0.717) is 11.2 Å². The molecule has 2 heterocycles. The molecule has 2 rings (SSSR count). The topological polar surface area (TPSA) is 67.8 Å². The van der Waals surface area contributed by atoms with Crippen LogP contribution in [0.5, 0.6) is 0 Å². The summed E-state index contributed by atoms with van der Waals surface area (Å²) >= 11 is 0. The maximum absolute atomic E-state index is 11.2. The van der Waals surface area contributed by atoms with Crippen LogP contribution >= 0.6 is 0 Å². The fraction of sp³-hybridized carbons (Fsp3) is 0.125. The molecule has 0 unspecified atom stereocenters. The van der Waals surface area contributed by atoms with Crippen molar-refractivity contribution in [3.63, 3.8) is 0 Å². The Morgan fingerprint density at radius 2 is 2.29 bits per heavy atom. The third-order valence-electron chi connectivity index (χ3n) is 1.76. The molecule has 14 heavy (non-hydrogen) atoms. The summed E-state index contributed by atoms with van der Waals surface area (Å²) in [5, 5.41) is 0. The summed E-state index contributed by atoms with van der Waals surface area (Å²) < 4.78 is 1.01. The van der Waals surface area contributed by atoms with Crippen molar-refractivity contribution < 1.29 is 34.4 Å². The van der Waals surface area contributed by atoms with Gasteiger partial charge in [-0.15, -0.1) is 0 Å². The molecule has 6 heteroatoms. The Morgan fingerprint density at radius 1 is 1.57 bits per heavy atom. The van der Waals surface area contributed by atoms with Crippen molar-refractivity contribution in [3.05, 3.63) is 28.8 Å². The Bertz CT molecular complexity index is 529. The summed E-state index contributed by atoms with van der Waals surface area (Å²) in [5.74, 6) is -0.338. The fourth-order valence-corrected chi connectivity index (χ4v) is 1.23. The molecule has 0 saturated carbocycles. The van der Waals surface area contributed by atoms with Gasteiger partial charge in [0.05, 0.1) is 5.52 Å². The summed E-state index contributed by atoms with van der Waals surface area (Å²) in [4.78, 5) is 28.7. The summed E-state index contributed by atoms with van der Waals surface area (Å²) in [6, 6.07) is 3.39. The minimum absolute atomic E-state index is 0. The van der Waals surface area contributed by atoms with Gasteiger partial charge in [0, 0.05) is 13.1 Å². The number of nitrogens with zero attached hydrogens (tertiary/aromatic N) is 2. The van der Waals surface area contributed by atoms with E-state index >= 15 is 0 Å². The van der Waals surface area contributed by atoms with Crippen LogP contribution in [0.3, 0.4) is 0 Å². The zero-order valence-corrected chi connectivity index (χ0v) is 9.94. The van der Waals surface area contributed by atoms with Crippen LogP contribution < -0.4 is 35.2 Å². The molecule has 0 radical (unpaired) electrons. The smallest absolute Gasteiger partial charge is 0.304 e. The number of pyridine rings is 1. The van der Waals surface area contributed by atoms with Crippen LogP contribution in [0.15, 0.2) is 23.1 Å². The first-order valence-electron chi connectivity index (χ1n) is 3.77. The molecule has 5 nitrogen and oxygen atoms in total. The van der Waals surface area contributed by atoms with Gasteiger partial charge in [0.25, 0.3) is 0 Å². The number of imidazole rings is 1. The summed E-state index contributed by atoms with van der Waals surface area (Å²) in [6.07, 6.45) is 1.54. The van der Waals surface area contributed by atoms with E-state index in [9.17, 15) is 9.59 Å². The zero-order chi connectivity index (χ0) is 9.42. The normalized spacial score (nSPS) is 9.79. The van der Waals surface area contributed by atoms with E-state index in [4.69, 9.17) is 0 Å². The second kappa shape index (κ2) is 4.08. The van der Waals surface area contributed by atoms with Gasteiger partial charge in [0.1, 0.15) is 0 Å². The Labute approximate surface area is 101 Å². The van der Waals surface area contributed by atoms with E-state index < -0.39 is 5.69 Å². The minimum atomic E-state index is -0.443. The van der Waals surface area contributed by atoms with Crippen LogP contribution in [-0.2, 0) is 0 Å². The van der Waals surface area contributed by atoms with Crippen molar-refractivity contribution in [1.82, 2.24) is 14.5 Å². The standard InChI is InChI=1S/C8H7N3O2.Na/c1-5(12)11-7-6(10-8(11)13)3-2-4-9-7;/h2-4H,1H3,(H,10,13);/q;+1. The molecule has 66 valence electrons. The van der Waals surface area contributed by atoms with E-state index in [0.717, 1.165) is 4.57 Å². The first-order valence-corrected chi connectivity index (χ1v) is 3.77. The third-order valence-corrected chi connectivity index (χ3v) is 1.76. The minimum Gasteiger partial charge on any atom is -0.304 e. The average Bonchev–Trinajstić information content (AvgIpc) is 2.39. The number of H-pyrrole nitrogens is 1. The Balaban J connectivity index is 0.000000980. The molecule has 0 bridgehead atoms. The summed E-state index contributed by atoms with van der Waals surface area (Å²) in [5.41, 5.74) is 0.504. The molecule has 2 aromatic rings. The van der Waals surface area contributed by atoms with Crippen molar-refractivity contribution in [1.29, 1.82) is 0 Å². The summed E-state index contributed by atoms with van der Waals surface area (Å²) in [7, 11) is 0. The monoisotopic (exact) mass is 200 g/mol. The Kier molecular flexibility index (Phi) is 3.25. The number of carbonyl (C=O) groups excluding carboxylic acids is 1. The van der Waals surface area contributed by atoms with Crippen LogP contribution in [0.2, 0.25) is 0 Å². The van der Waals surface area contributed by atoms with Gasteiger partial charge in [-0.2, -0.15) is 0 Å². The fourth-order valence-electron chi connectivity index (χ4n) is 1.23. The molecule has 0 fully saturated rings. The van der Waals surface area contributed by atoms with Crippen LogP contribution in [0.4, 0.5) is 0 Å². The SMILES string of the molecule is CC(=O)n1c(=O)[nH]c2cccnc21.[Na+]. The number of aromatic nitrogens is 3. The molecule has 0 aliphatic heterocycles. The molecule has 1 N–H and O–H groups in total. The maximum atomic E-state index is 11.2. The van der Waals surface area contributed by atoms with Gasteiger partial charge in [0.15, 0.2) is 5.65 Å². The predicted octanol–water partition coefficient (Wildman–Crippen LogP) is -2.61. The third kappa shape index (κ3) is 1.66. The number of hydrogen-bond donors (Lipinski definition) is 1. The molecule has 0 aromatic carbocycles. The summed E-state index contributed by atoms with van der Waals surface area (Å²) in [6.45, 7) is 1.32. The van der Waals surface area contributed by atoms with E-state index in [2.05, 4.69) is 9.97 Å². The molecule has 0 aliphatic carbocycles. The van der Waals surface area contributed by atoms with Crippen LogP contribution in [-0.4, -0.2) is 20.4 Å². The number of aromatic amines is 1. The quantitative estimate of drug-likeness (QED) is 0.474. The van der Waals surface area contributed by atoms with Crippen molar-refractivity contribution in [2.75, 3.05) is 0 Å². The average molecular weight is 200 g/mol. The number of hydrogen-bond acceptors (Lipinski definition) is 3. The number of rotatable bonds is 0.